The highest BCUT2D eigenvalue weighted by Crippen LogP contribution is 2.12. The molecule has 2 unspecified atom stereocenters. The number of nitrogens with one attached hydrogen (secondary N) is 1. The molecule has 0 aliphatic heterocycles. The molecule has 156 valence electrons. The van der Waals surface area contributed by atoms with E-state index in [0.717, 1.165) is 25.7 Å². The number of rotatable bonds is 19. The Morgan fingerprint density at radius 3 is 1.73 bits per heavy atom. The highest BCUT2D eigenvalue weighted by Gasteiger charge is 2.19. The Morgan fingerprint density at radius 2 is 1.23 bits per heavy atom. The van der Waals surface area contributed by atoms with Crippen LogP contribution in [0.2, 0.25) is 0 Å². The Balaban J connectivity index is 3.71. The average Bonchev–Trinajstić information content (AvgIpc) is 2.64. The van der Waals surface area contributed by atoms with Gasteiger partial charge in [0.15, 0.2) is 0 Å². The van der Waals surface area contributed by atoms with Crippen molar-refractivity contribution < 1.29 is 15.0 Å². The molecule has 0 aromatic rings. The van der Waals surface area contributed by atoms with Crippen molar-refractivity contribution in [2.75, 3.05) is 6.61 Å². The molecule has 1 amide bonds. The van der Waals surface area contributed by atoms with Crippen molar-refractivity contribution in [3.05, 3.63) is 0 Å². The Morgan fingerprint density at radius 1 is 0.769 bits per heavy atom. The molecule has 0 spiro atoms. The van der Waals surface area contributed by atoms with Crippen LogP contribution in [-0.2, 0) is 4.79 Å². The zero-order chi connectivity index (χ0) is 19.5. The number of aliphatic hydroxyl groups excluding tert-OH is 2. The largest absolute Gasteiger partial charge is 0.394 e. The molecule has 0 fully saturated rings. The van der Waals surface area contributed by atoms with Crippen molar-refractivity contribution in [2.45, 2.75) is 129 Å². The fourth-order valence-electron chi connectivity index (χ4n) is 3.30. The van der Waals surface area contributed by atoms with Gasteiger partial charge in [-0.15, -0.1) is 0 Å². The second-order valence-corrected chi connectivity index (χ2v) is 7.71. The Hall–Kier alpha value is -0.610. The van der Waals surface area contributed by atoms with Crippen LogP contribution in [0.3, 0.4) is 0 Å². The van der Waals surface area contributed by atoms with Gasteiger partial charge in [0, 0.05) is 6.42 Å². The van der Waals surface area contributed by atoms with Gasteiger partial charge < -0.3 is 15.5 Å². The lowest BCUT2D eigenvalue weighted by Crippen LogP contribution is -2.45. The van der Waals surface area contributed by atoms with Crippen LogP contribution in [0.5, 0.6) is 0 Å². The third-order valence-electron chi connectivity index (χ3n) is 5.12. The third kappa shape index (κ3) is 15.6. The lowest BCUT2D eigenvalue weighted by Gasteiger charge is -2.22. The van der Waals surface area contributed by atoms with E-state index in [9.17, 15) is 15.0 Å². The van der Waals surface area contributed by atoms with Crippen LogP contribution in [0.4, 0.5) is 0 Å². The van der Waals surface area contributed by atoms with Crippen LogP contribution in [0.25, 0.3) is 0 Å². The van der Waals surface area contributed by atoms with Crippen molar-refractivity contribution in [3.8, 4) is 0 Å². The fourth-order valence-corrected chi connectivity index (χ4v) is 3.30. The number of carbonyl (C=O) groups is 1. The molecule has 0 aromatic carbocycles. The number of aliphatic hydroxyl groups is 2. The Kier molecular flexibility index (Phi) is 18.7. The SMILES string of the molecule is CCCCCCCCCCC(O)C(CO)NC(=O)CCCCCCCC. The molecule has 0 radical (unpaired) electrons. The van der Waals surface area contributed by atoms with Crippen molar-refractivity contribution in [3.63, 3.8) is 0 Å². The van der Waals surface area contributed by atoms with Gasteiger partial charge in [0.05, 0.1) is 18.8 Å². The minimum Gasteiger partial charge on any atom is -0.394 e. The highest BCUT2D eigenvalue weighted by atomic mass is 16.3. The van der Waals surface area contributed by atoms with Gasteiger partial charge in [0.1, 0.15) is 0 Å². The molecule has 0 rings (SSSR count). The van der Waals surface area contributed by atoms with E-state index in [-0.39, 0.29) is 12.5 Å². The van der Waals surface area contributed by atoms with Gasteiger partial charge >= 0.3 is 0 Å². The maximum absolute atomic E-state index is 12.0. The van der Waals surface area contributed by atoms with E-state index in [0.29, 0.717) is 12.8 Å². The predicted molar refractivity (Wildman–Crippen MR) is 110 cm³/mol. The highest BCUT2D eigenvalue weighted by molar-refractivity contribution is 5.76. The van der Waals surface area contributed by atoms with E-state index in [1.807, 2.05) is 0 Å². The van der Waals surface area contributed by atoms with E-state index < -0.39 is 12.1 Å². The zero-order valence-electron chi connectivity index (χ0n) is 17.5. The first-order valence-corrected chi connectivity index (χ1v) is 11.2. The van der Waals surface area contributed by atoms with E-state index in [4.69, 9.17) is 0 Å². The topological polar surface area (TPSA) is 69.6 Å². The second kappa shape index (κ2) is 19.2. The monoisotopic (exact) mass is 371 g/mol. The maximum atomic E-state index is 12.0. The minimum atomic E-state index is -0.645. The van der Waals surface area contributed by atoms with Crippen LogP contribution in [0, 0.1) is 0 Å². The van der Waals surface area contributed by atoms with Crippen LogP contribution in [0.1, 0.15) is 117 Å². The molecular weight excluding hydrogens is 326 g/mol. The molecule has 3 N–H and O–H groups in total. The van der Waals surface area contributed by atoms with Crippen LogP contribution in [-0.4, -0.2) is 34.9 Å². The van der Waals surface area contributed by atoms with Gasteiger partial charge in [-0.2, -0.15) is 0 Å². The normalized spacial score (nSPS) is 13.5. The summed E-state index contributed by atoms with van der Waals surface area (Å²) in [6.07, 6.45) is 17.2. The van der Waals surface area contributed by atoms with Gasteiger partial charge in [-0.25, -0.2) is 0 Å². The molecule has 0 saturated heterocycles. The summed E-state index contributed by atoms with van der Waals surface area (Å²) in [6, 6.07) is -0.521. The van der Waals surface area contributed by atoms with Crippen molar-refractivity contribution >= 4 is 5.91 Å². The minimum absolute atomic E-state index is 0.0467. The number of amides is 1. The summed E-state index contributed by atoms with van der Waals surface area (Å²) >= 11 is 0. The average molecular weight is 372 g/mol. The van der Waals surface area contributed by atoms with Crippen molar-refractivity contribution in [1.82, 2.24) is 5.32 Å². The lowest BCUT2D eigenvalue weighted by molar-refractivity contribution is -0.123. The van der Waals surface area contributed by atoms with Crippen molar-refractivity contribution in [1.29, 1.82) is 0 Å². The zero-order valence-corrected chi connectivity index (χ0v) is 17.5. The summed E-state index contributed by atoms with van der Waals surface area (Å²) < 4.78 is 0. The summed E-state index contributed by atoms with van der Waals surface area (Å²) in [5.41, 5.74) is 0. The van der Waals surface area contributed by atoms with Crippen LogP contribution in [0.15, 0.2) is 0 Å². The second-order valence-electron chi connectivity index (χ2n) is 7.71. The van der Waals surface area contributed by atoms with Gasteiger partial charge in [-0.1, -0.05) is 97.3 Å². The Labute approximate surface area is 162 Å². The van der Waals surface area contributed by atoms with Crippen molar-refractivity contribution in [2.24, 2.45) is 0 Å². The number of unbranched alkanes of at least 4 members (excludes halogenated alkanes) is 12. The summed E-state index contributed by atoms with van der Waals surface area (Å²) in [6.45, 7) is 4.23. The number of hydrogen-bond acceptors (Lipinski definition) is 3. The summed E-state index contributed by atoms with van der Waals surface area (Å²) in [4.78, 5) is 12.0. The molecule has 0 saturated carbocycles. The number of hydrogen-bond donors (Lipinski definition) is 3. The fraction of sp³-hybridized carbons (Fsp3) is 0.955. The molecule has 26 heavy (non-hydrogen) atoms. The van der Waals surface area contributed by atoms with E-state index in [1.165, 1.54) is 64.2 Å². The molecular formula is C22H45NO3. The molecule has 0 aromatic heterocycles. The predicted octanol–water partition coefficient (Wildman–Crippen LogP) is 5.11. The first-order chi connectivity index (χ1) is 12.7. The van der Waals surface area contributed by atoms with Crippen LogP contribution < -0.4 is 5.32 Å². The van der Waals surface area contributed by atoms with E-state index in [1.54, 1.807) is 0 Å². The standard InChI is InChI=1S/C22H45NO3/c1-3-5-7-9-11-12-13-15-17-21(25)20(19-24)23-22(26)18-16-14-10-8-6-4-2/h20-21,24-25H,3-19H2,1-2H3,(H,23,26). The quantitative estimate of drug-likeness (QED) is 0.276. The van der Waals surface area contributed by atoms with E-state index >= 15 is 0 Å². The molecule has 4 nitrogen and oxygen atoms in total. The lowest BCUT2D eigenvalue weighted by atomic mass is 10.0. The van der Waals surface area contributed by atoms with Gasteiger partial charge in [-0.3, -0.25) is 4.79 Å². The third-order valence-corrected chi connectivity index (χ3v) is 5.12. The molecule has 0 aliphatic rings. The summed E-state index contributed by atoms with van der Waals surface area (Å²) in [5.74, 6) is -0.0467. The molecule has 0 heterocycles. The van der Waals surface area contributed by atoms with Crippen LogP contribution >= 0.6 is 0 Å². The summed E-state index contributed by atoms with van der Waals surface area (Å²) in [5, 5.41) is 22.5. The maximum Gasteiger partial charge on any atom is 0.220 e. The first kappa shape index (κ1) is 25.4. The van der Waals surface area contributed by atoms with Gasteiger partial charge in [-0.05, 0) is 12.8 Å². The number of carbonyl (C=O) groups excluding carboxylic acids is 1. The molecule has 2 atom stereocenters. The van der Waals surface area contributed by atoms with Gasteiger partial charge in [0.25, 0.3) is 0 Å². The summed E-state index contributed by atoms with van der Waals surface area (Å²) in [7, 11) is 0. The van der Waals surface area contributed by atoms with Gasteiger partial charge in [0.2, 0.25) is 5.91 Å². The van der Waals surface area contributed by atoms with E-state index in [2.05, 4.69) is 19.2 Å². The molecule has 4 heteroatoms. The molecule has 0 bridgehead atoms. The smallest absolute Gasteiger partial charge is 0.220 e. The first-order valence-electron chi connectivity index (χ1n) is 11.2. The molecule has 0 aliphatic carbocycles. The Bertz CT molecular complexity index is 310.